The van der Waals surface area contributed by atoms with Gasteiger partial charge in [0.05, 0.1) is 11.1 Å². The summed E-state index contributed by atoms with van der Waals surface area (Å²) in [5, 5.41) is 0. The first-order valence-corrected chi connectivity index (χ1v) is 7.94. The second-order valence-electron chi connectivity index (χ2n) is 6.47. The molecule has 0 aliphatic heterocycles. The van der Waals surface area contributed by atoms with E-state index in [4.69, 9.17) is 0 Å². The van der Waals surface area contributed by atoms with Crippen LogP contribution < -0.4 is 11.1 Å². The molecule has 3 rings (SSSR count). The van der Waals surface area contributed by atoms with E-state index in [1.54, 1.807) is 13.8 Å². The molecule has 1 aliphatic rings. The number of aromatic nitrogens is 2. The predicted octanol–water partition coefficient (Wildman–Crippen LogP) is 1.90. The summed E-state index contributed by atoms with van der Waals surface area (Å²) < 4.78 is 1.31. The molecule has 25 heavy (non-hydrogen) atoms. The van der Waals surface area contributed by atoms with Crippen LogP contribution in [0.15, 0.2) is 33.9 Å². The normalized spacial score (nSPS) is 12.8. The highest BCUT2D eigenvalue weighted by atomic mass is 16.2. The number of allylic oxidation sites excluding steroid dienone is 1. The third-order valence-corrected chi connectivity index (χ3v) is 4.41. The number of ketones is 2. The zero-order valence-electron chi connectivity index (χ0n) is 14.4. The lowest BCUT2D eigenvalue weighted by Crippen LogP contribution is -2.35. The van der Waals surface area contributed by atoms with Gasteiger partial charge in [-0.1, -0.05) is 5.57 Å². The molecule has 0 amide bonds. The number of aryl methyl sites for hydroxylation is 2. The van der Waals surface area contributed by atoms with Crippen molar-refractivity contribution in [3.8, 4) is 0 Å². The minimum Gasteiger partial charge on any atom is -0.318 e. The smallest absolute Gasteiger partial charge is 0.251 e. The summed E-state index contributed by atoms with van der Waals surface area (Å²) in [5.41, 5.74) is 1.39. The number of hydrogen-bond donors (Lipinski definition) is 1. The molecular weight excluding hydrogens is 320 g/mol. The van der Waals surface area contributed by atoms with Gasteiger partial charge in [0.25, 0.3) is 5.56 Å². The third kappa shape index (κ3) is 2.59. The number of nitrogens with zero attached hydrogens (tertiary/aromatic N) is 1. The van der Waals surface area contributed by atoms with Crippen molar-refractivity contribution in [2.24, 2.45) is 0 Å². The first-order chi connectivity index (χ1) is 11.7. The Balaban J connectivity index is 2.35. The Morgan fingerprint density at radius 1 is 1.04 bits per heavy atom. The second kappa shape index (κ2) is 5.81. The lowest BCUT2D eigenvalue weighted by atomic mass is 9.85. The standard InChI is InChI=1S/C19H18N2O4/c1-9(2)5-6-21-13(23)8-11(4)15-17(21)19(25)16-14(18(15)24)10(3)7-12(22)20-16/h7-8H,1,5-6H2,2-4H3,(H,20,22). The van der Waals surface area contributed by atoms with Crippen molar-refractivity contribution in [3.63, 3.8) is 0 Å². The van der Waals surface area contributed by atoms with Crippen LogP contribution in [0.3, 0.4) is 0 Å². The first kappa shape index (κ1) is 16.8. The van der Waals surface area contributed by atoms with Gasteiger partial charge in [0.1, 0.15) is 11.4 Å². The Labute approximate surface area is 143 Å². The minimum absolute atomic E-state index is 0.0448. The number of fused-ring (bicyclic) bond motifs is 2. The molecule has 6 heteroatoms. The number of hydrogen-bond acceptors (Lipinski definition) is 4. The summed E-state index contributed by atoms with van der Waals surface area (Å²) in [4.78, 5) is 52.7. The zero-order chi connectivity index (χ0) is 18.5. The lowest BCUT2D eigenvalue weighted by molar-refractivity contribution is 0.0965. The lowest BCUT2D eigenvalue weighted by Gasteiger charge is -2.23. The number of H-pyrrole nitrogens is 1. The highest BCUT2D eigenvalue weighted by Crippen LogP contribution is 2.28. The molecule has 0 unspecified atom stereocenters. The third-order valence-electron chi connectivity index (χ3n) is 4.41. The van der Waals surface area contributed by atoms with E-state index < -0.39 is 11.3 Å². The van der Waals surface area contributed by atoms with E-state index in [1.165, 1.54) is 16.7 Å². The maximum atomic E-state index is 13.0. The number of pyridine rings is 2. The molecule has 128 valence electrons. The second-order valence-corrected chi connectivity index (χ2v) is 6.47. The molecule has 2 aromatic rings. The number of nitrogens with one attached hydrogen (secondary N) is 1. The quantitative estimate of drug-likeness (QED) is 0.739. The highest BCUT2D eigenvalue weighted by molar-refractivity contribution is 6.27. The van der Waals surface area contributed by atoms with Crippen LogP contribution in [0.2, 0.25) is 0 Å². The predicted molar refractivity (Wildman–Crippen MR) is 93.5 cm³/mol. The van der Waals surface area contributed by atoms with Crippen molar-refractivity contribution in [1.29, 1.82) is 0 Å². The van der Waals surface area contributed by atoms with E-state index >= 15 is 0 Å². The molecule has 0 saturated carbocycles. The number of rotatable bonds is 3. The van der Waals surface area contributed by atoms with Crippen LogP contribution in [0, 0.1) is 13.8 Å². The van der Waals surface area contributed by atoms with Gasteiger partial charge >= 0.3 is 0 Å². The molecule has 2 aromatic heterocycles. The maximum Gasteiger partial charge on any atom is 0.251 e. The summed E-state index contributed by atoms with van der Waals surface area (Å²) in [6.07, 6.45) is 0.508. The summed E-state index contributed by atoms with van der Waals surface area (Å²) >= 11 is 0. The van der Waals surface area contributed by atoms with Gasteiger partial charge in [0, 0.05) is 18.7 Å². The number of carbonyl (C=O) groups excluding carboxylic acids is 2. The van der Waals surface area contributed by atoms with E-state index in [9.17, 15) is 19.2 Å². The summed E-state index contributed by atoms with van der Waals surface area (Å²) in [5.74, 6) is -0.854. The molecule has 0 atom stereocenters. The van der Waals surface area contributed by atoms with Gasteiger partial charge in [-0.25, -0.2) is 0 Å². The van der Waals surface area contributed by atoms with Gasteiger partial charge < -0.3 is 9.55 Å². The molecule has 1 aliphatic carbocycles. The maximum absolute atomic E-state index is 13.0. The largest absolute Gasteiger partial charge is 0.318 e. The molecule has 6 nitrogen and oxygen atoms in total. The van der Waals surface area contributed by atoms with Crippen molar-refractivity contribution >= 4 is 11.6 Å². The first-order valence-electron chi connectivity index (χ1n) is 7.94. The van der Waals surface area contributed by atoms with Crippen molar-refractivity contribution < 1.29 is 9.59 Å². The zero-order valence-corrected chi connectivity index (χ0v) is 14.4. The van der Waals surface area contributed by atoms with Crippen molar-refractivity contribution in [2.45, 2.75) is 33.7 Å². The van der Waals surface area contributed by atoms with Gasteiger partial charge in [-0.05, 0) is 38.3 Å². The average Bonchev–Trinajstić information content (AvgIpc) is 2.50. The Kier molecular flexibility index (Phi) is 3.91. The highest BCUT2D eigenvalue weighted by Gasteiger charge is 2.35. The van der Waals surface area contributed by atoms with E-state index in [-0.39, 0.29) is 40.4 Å². The fourth-order valence-corrected chi connectivity index (χ4v) is 3.21. The van der Waals surface area contributed by atoms with Gasteiger partial charge in [-0.3, -0.25) is 19.2 Å². The van der Waals surface area contributed by atoms with Crippen LogP contribution in [-0.2, 0) is 6.54 Å². The molecule has 0 bridgehead atoms. The molecule has 2 heterocycles. The van der Waals surface area contributed by atoms with Crippen LogP contribution in [0.4, 0.5) is 0 Å². The Bertz CT molecular complexity index is 1070. The van der Waals surface area contributed by atoms with Crippen LogP contribution in [0.1, 0.15) is 56.6 Å². The van der Waals surface area contributed by atoms with Gasteiger partial charge in [-0.2, -0.15) is 0 Å². The average molecular weight is 338 g/mol. The van der Waals surface area contributed by atoms with Crippen molar-refractivity contribution in [2.75, 3.05) is 0 Å². The fourth-order valence-electron chi connectivity index (χ4n) is 3.21. The van der Waals surface area contributed by atoms with Crippen LogP contribution in [0.5, 0.6) is 0 Å². The van der Waals surface area contributed by atoms with Gasteiger partial charge in [-0.15, -0.1) is 6.58 Å². The van der Waals surface area contributed by atoms with Crippen LogP contribution in [-0.4, -0.2) is 21.1 Å². The molecule has 0 saturated heterocycles. The van der Waals surface area contributed by atoms with Gasteiger partial charge in [0.2, 0.25) is 11.3 Å². The molecule has 0 radical (unpaired) electrons. The summed E-state index contributed by atoms with van der Waals surface area (Å²) in [6, 6.07) is 2.66. The Morgan fingerprint density at radius 3 is 2.32 bits per heavy atom. The fraction of sp³-hybridized carbons (Fsp3) is 0.263. The minimum atomic E-state index is -0.507. The molecular formula is C19H18N2O4. The van der Waals surface area contributed by atoms with Crippen LogP contribution >= 0.6 is 0 Å². The van der Waals surface area contributed by atoms with Crippen LogP contribution in [0.25, 0.3) is 0 Å². The molecule has 0 fully saturated rings. The summed E-state index contributed by atoms with van der Waals surface area (Å²) in [7, 11) is 0. The Hall–Kier alpha value is -3.02. The monoisotopic (exact) mass is 338 g/mol. The summed E-state index contributed by atoms with van der Waals surface area (Å²) in [6.45, 7) is 9.15. The number of aromatic amines is 1. The molecule has 0 aromatic carbocycles. The molecule has 0 spiro atoms. The van der Waals surface area contributed by atoms with E-state index in [0.717, 1.165) is 5.57 Å². The van der Waals surface area contributed by atoms with Crippen molar-refractivity contribution in [1.82, 2.24) is 9.55 Å². The van der Waals surface area contributed by atoms with Crippen molar-refractivity contribution in [3.05, 3.63) is 78.6 Å². The number of carbonyl (C=O) groups is 2. The topological polar surface area (TPSA) is 89.0 Å². The Morgan fingerprint density at radius 2 is 1.68 bits per heavy atom. The van der Waals surface area contributed by atoms with E-state index in [2.05, 4.69) is 11.6 Å². The molecule has 1 N–H and O–H groups in total. The van der Waals surface area contributed by atoms with E-state index in [1.807, 2.05) is 6.92 Å². The van der Waals surface area contributed by atoms with Gasteiger partial charge in [0.15, 0.2) is 5.78 Å². The van der Waals surface area contributed by atoms with E-state index in [0.29, 0.717) is 17.5 Å². The SMILES string of the molecule is C=C(C)CCn1c2c(c(C)cc1=O)C(=O)c1c(C)cc(=O)[nH]c1C2=O.